The molecule has 2 aromatic rings. The maximum atomic E-state index is 11.6. The van der Waals surface area contributed by atoms with Gasteiger partial charge in [0, 0.05) is 0 Å². The minimum atomic E-state index is -0.381. The molecular formula is C19H17NO4S. The van der Waals surface area contributed by atoms with Crippen molar-refractivity contribution in [2.75, 3.05) is 7.11 Å². The third-order valence-corrected chi connectivity index (χ3v) is 4.58. The van der Waals surface area contributed by atoms with Gasteiger partial charge < -0.3 is 9.47 Å². The predicted octanol–water partition coefficient (Wildman–Crippen LogP) is 3.91. The van der Waals surface area contributed by atoms with E-state index in [-0.39, 0.29) is 11.1 Å². The number of methoxy groups -OCH3 is 1. The average molecular weight is 355 g/mol. The molecule has 1 saturated heterocycles. The molecule has 1 N–H and O–H groups in total. The van der Waals surface area contributed by atoms with Crippen molar-refractivity contribution >= 4 is 29.0 Å². The van der Waals surface area contributed by atoms with Crippen molar-refractivity contribution in [1.29, 1.82) is 0 Å². The summed E-state index contributed by atoms with van der Waals surface area (Å²) in [6.45, 7) is 2.48. The highest BCUT2D eigenvalue weighted by Crippen LogP contribution is 2.32. The van der Waals surface area contributed by atoms with E-state index < -0.39 is 0 Å². The smallest absolute Gasteiger partial charge is 0.290 e. The van der Waals surface area contributed by atoms with E-state index in [1.165, 1.54) is 0 Å². The van der Waals surface area contributed by atoms with E-state index >= 15 is 0 Å². The maximum Gasteiger partial charge on any atom is 0.290 e. The van der Waals surface area contributed by atoms with Crippen LogP contribution in [0.2, 0.25) is 0 Å². The van der Waals surface area contributed by atoms with Gasteiger partial charge >= 0.3 is 0 Å². The summed E-state index contributed by atoms with van der Waals surface area (Å²) in [5.41, 5.74) is 3.03. The molecule has 3 rings (SSSR count). The first-order valence-electron chi connectivity index (χ1n) is 7.67. The predicted molar refractivity (Wildman–Crippen MR) is 97.6 cm³/mol. The molecule has 1 heterocycles. The first-order chi connectivity index (χ1) is 12.1. The normalized spacial score (nSPS) is 15.4. The lowest BCUT2D eigenvalue weighted by atomic mass is 10.1. The lowest BCUT2D eigenvalue weighted by molar-refractivity contribution is -0.115. The number of ether oxygens (including phenoxy) is 2. The van der Waals surface area contributed by atoms with Crippen molar-refractivity contribution in [2.45, 2.75) is 13.5 Å². The number of carbonyl (C=O) groups excluding carboxylic acids is 2. The van der Waals surface area contributed by atoms with Crippen molar-refractivity contribution in [3.05, 3.63) is 64.1 Å². The van der Waals surface area contributed by atoms with Crippen molar-refractivity contribution < 1.29 is 19.1 Å². The third-order valence-electron chi connectivity index (χ3n) is 3.77. The van der Waals surface area contributed by atoms with Crippen molar-refractivity contribution in [2.24, 2.45) is 0 Å². The van der Waals surface area contributed by atoms with Gasteiger partial charge in [0.2, 0.25) is 0 Å². The molecule has 0 atom stereocenters. The van der Waals surface area contributed by atoms with Gasteiger partial charge in [-0.05, 0) is 53.6 Å². The number of aryl methyl sites for hydroxylation is 1. The van der Waals surface area contributed by atoms with Gasteiger partial charge in [-0.3, -0.25) is 14.9 Å². The number of carbonyl (C=O) groups is 2. The van der Waals surface area contributed by atoms with Gasteiger partial charge in [0.25, 0.3) is 11.1 Å². The Balaban J connectivity index is 1.78. The van der Waals surface area contributed by atoms with E-state index in [0.717, 1.165) is 28.5 Å². The van der Waals surface area contributed by atoms with Crippen LogP contribution in [0.4, 0.5) is 4.79 Å². The summed E-state index contributed by atoms with van der Waals surface area (Å²) >= 11 is 0.885. The van der Waals surface area contributed by atoms with Gasteiger partial charge in [0.05, 0.1) is 12.0 Å². The second kappa shape index (κ2) is 7.44. The summed E-state index contributed by atoms with van der Waals surface area (Å²) < 4.78 is 11.3. The average Bonchev–Trinajstić information content (AvgIpc) is 2.92. The van der Waals surface area contributed by atoms with Gasteiger partial charge in [-0.2, -0.15) is 0 Å². The highest BCUT2D eigenvalue weighted by Gasteiger charge is 2.25. The highest BCUT2D eigenvalue weighted by molar-refractivity contribution is 8.18. The lowest BCUT2D eigenvalue weighted by Crippen LogP contribution is -2.17. The van der Waals surface area contributed by atoms with Gasteiger partial charge in [0.1, 0.15) is 6.61 Å². The molecule has 0 unspecified atom stereocenters. The Labute approximate surface area is 150 Å². The number of amides is 2. The minimum absolute atomic E-state index is 0.360. The molecule has 1 fully saturated rings. The lowest BCUT2D eigenvalue weighted by Gasteiger charge is -2.12. The second-order valence-electron chi connectivity index (χ2n) is 5.48. The molecular weight excluding hydrogens is 338 g/mol. The third kappa shape index (κ3) is 4.03. The monoisotopic (exact) mass is 355 g/mol. The zero-order valence-corrected chi connectivity index (χ0v) is 14.7. The van der Waals surface area contributed by atoms with Crippen LogP contribution in [0.15, 0.2) is 47.4 Å². The van der Waals surface area contributed by atoms with Crippen molar-refractivity contribution in [3.8, 4) is 11.5 Å². The zero-order valence-electron chi connectivity index (χ0n) is 13.9. The van der Waals surface area contributed by atoms with E-state index in [2.05, 4.69) is 5.32 Å². The molecule has 0 saturated carbocycles. The molecule has 0 aliphatic carbocycles. The van der Waals surface area contributed by atoms with Crippen LogP contribution < -0.4 is 14.8 Å². The second-order valence-corrected chi connectivity index (χ2v) is 6.49. The fourth-order valence-electron chi connectivity index (χ4n) is 2.39. The Kier molecular flexibility index (Phi) is 5.09. The molecule has 0 spiro atoms. The van der Waals surface area contributed by atoms with Gasteiger partial charge in [-0.15, -0.1) is 0 Å². The van der Waals surface area contributed by atoms with Crippen LogP contribution in [0, 0.1) is 6.92 Å². The topological polar surface area (TPSA) is 64.6 Å². The molecule has 25 heavy (non-hydrogen) atoms. The van der Waals surface area contributed by atoms with Crippen molar-refractivity contribution in [3.63, 3.8) is 0 Å². The van der Waals surface area contributed by atoms with Crippen LogP contribution >= 0.6 is 11.8 Å². The molecule has 5 nitrogen and oxygen atoms in total. The molecule has 6 heteroatoms. The summed E-state index contributed by atoms with van der Waals surface area (Å²) in [4.78, 5) is 23.2. The zero-order chi connectivity index (χ0) is 17.8. The summed E-state index contributed by atoms with van der Waals surface area (Å²) in [7, 11) is 1.56. The minimum Gasteiger partial charge on any atom is -0.493 e. The molecule has 1 aliphatic heterocycles. The number of nitrogens with one attached hydrogen (secondary N) is 1. The van der Waals surface area contributed by atoms with Crippen LogP contribution in [0.1, 0.15) is 16.7 Å². The van der Waals surface area contributed by atoms with E-state index in [1.54, 1.807) is 25.3 Å². The first kappa shape index (κ1) is 17.1. The fourth-order valence-corrected chi connectivity index (χ4v) is 3.08. The number of thioether (sulfide) groups is 1. The molecule has 128 valence electrons. The number of imide groups is 1. The summed E-state index contributed by atoms with van der Waals surface area (Å²) in [5, 5.41) is 1.87. The quantitative estimate of drug-likeness (QED) is 0.824. The summed E-state index contributed by atoms with van der Waals surface area (Å²) in [5.74, 6) is 0.805. The van der Waals surface area contributed by atoms with Crippen LogP contribution in [-0.2, 0) is 11.4 Å². The Bertz CT molecular complexity index is 860. The molecule has 1 aliphatic rings. The molecule has 0 bridgehead atoms. The standard InChI is InChI=1S/C19H17NO4S/c1-12-5-3-4-6-14(12)11-24-15-8-7-13(9-16(15)23-2)10-17-18(21)20-19(22)25-17/h3-10H,11H2,1-2H3,(H,20,21,22)/b17-10-. The number of hydrogen-bond acceptors (Lipinski definition) is 5. The molecule has 0 radical (unpaired) electrons. The van der Waals surface area contributed by atoms with Gasteiger partial charge in [-0.1, -0.05) is 30.3 Å². The van der Waals surface area contributed by atoms with Gasteiger partial charge in [0.15, 0.2) is 11.5 Å². The van der Waals surface area contributed by atoms with E-state index in [1.807, 2.05) is 37.3 Å². The van der Waals surface area contributed by atoms with Gasteiger partial charge in [-0.25, -0.2) is 0 Å². The number of benzene rings is 2. The summed E-state index contributed by atoms with van der Waals surface area (Å²) in [6, 6.07) is 13.4. The van der Waals surface area contributed by atoms with Crippen LogP contribution in [-0.4, -0.2) is 18.3 Å². The molecule has 2 aromatic carbocycles. The van der Waals surface area contributed by atoms with E-state index in [0.29, 0.717) is 23.0 Å². The molecule has 2 amide bonds. The highest BCUT2D eigenvalue weighted by atomic mass is 32.2. The summed E-state index contributed by atoms with van der Waals surface area (Å²) in [6.07, 6.45) is 1.65. The van der Waals surface area contributed by atoms with Crippen molar-refractivity contribution in [1.82, 2.24) is 5.32 Å². The fraction of sp³-hybridized carbons (Fsp3) is 0.158. The Morgan fingerprint density at radius 2 is 1.92 bits per heavy atom. The van der Waals surface area contributed by atoms with Crippen LogP contribution in [0.25, 0.3) is 6.08 Å². The van der Waals surface area contributed by atoms with Crippen LogP contribution in [0.5, 0.6) is 11.5 Å². The Hall–Kier alpha value is -2.73. The SMILES string of the molecule is COc1cc(/C=C2\SC(=O)NC2=O)ccc1OCc1ccccc1C. The Morgan fingerprint density at radius 1 is 1.12 bits per heavy atom. The van der Waals surface area contributed by atoms with E-state index in [4.69, 9.17) is 9.47 Å². The van der Waals surface area contributed by atoms with E-state index in [9.17, 15) is 9.59 Å². The first-order valence-corrected chi connectivity index (χ1v) is 8.48. The Morgan fingerprint density at radius 3 is 2.60 bits per heavy atom. The molecule has 0 aromatic heterocycles. The number of hydrogen-bond donors (Lipinski definition) is 1. The maximum absolute atomic E-state index is 11.6. The van der Waals surface area contributed by atoms with Crippen LogP contribution in [0.3, 0.4) is 0 Å². The number of rotatable bonds is 5. The largest absolute Gasteiger partial charge is 0.493 e.